The summed E-state index contributed by atoms with van der Waals surface area (Å²) in [5.74, 6) is -2.15. The maximum absolute atomic E-state index is 12.9. The molecular formula is C69H80F9N15O9S3. The molecule has 5 fully saturated rings. The number of aliphatic hydroxyl groups excluding tert-OH is 5. The highest BCUT2D eigenvalue weighted by atomic mass is 32.1. The molecule has 0 amide bonds. The van der Waals surface area contributed by atoms with Gasteiger partial charge in [0.25, 0.3) is 0 Å². The molecule has 5 aliphatic rings. The number of benzene rings is 3. The highest BCUT2D eigenvalue weighted by molar-refractivity contribution is 7.22. The Morgan fingerprint density at radius 3 is 0.990 bits per heavy atom. The Bertz CT molecular complexity index is 4270. The number of rotatable bonds is 18. The largest absolute Gasteiger partial charge is 0.405 e. The van der Waals surface area contributed by atoms with Crippen LogP contribution in [0.15, 0.2) is 72.8 Å². The monoisotopic (exact) mass is 1530 g/mol. The zero-order valence-electron chi connectivity index (χ0n) is 58.4. The number of alkyl halides is 9. The van der Waals surface area contributed by atoms with Gasteiger partial charge in [-0.05, 0) is 125 Å². The van der Waals surface area contributed by atoms with Gasteiger partial charge in [0.15, 0.2) is 11.6 Å². The fourth-order valence-corrected chi connectivity index (χ4v) is 17.2. The Balaban J connectivity index is 0.000000148. The molecule has 11 N–H and O–H groups in total. The van der Waals surface area contributed by atoms with Crippen LogP contribution in [-0.4, -0.2) is 193 Å². The summed E-state index contributed by atoms with van der Waals surface area (Å²) in [6.45, 7) is 13.5. The number of nitrogens with zero attached hydrogens (tertiary/aromatic N) is 9. The van der Waals surface area contributed by atoms with Crippen molar-refractivity contribution in [3.63, 3.8) is 0 Å². The molecule has 3 aliphatic carbocycles. The van der Waals surface area contributed by atoms with Crippen molar-refractivity contribution in [2.24, 2.45) is 17.8 Å². The summed E-state index contributed by atoms with van der Waals surface area (Å²) in [4.78, 5) is 40.0. The number of aliphatic hydroxyl groups is 5. The molecule has 3 saturated carbocycles. The highest BCUT2D eigenvalue weighted by Gasteiger charge is 2.57. The van der Waals surface area contributed by atoms with Gasteiger partial charge in [-0.3, -0.25) is 0 Å². The van der Waals surface area contributed by atoms with Crippen LogP contribution in [0.5, 0.6) is 0 Å². The predicted molar refractivity (Wildman–Crippen MR) is 381 cm³/mol. The van der Waals surface area contributed by atoms with Gasteiger partial charge in [0.2, 0.25) is 17.8 Å². The van der Waals surface area contributed by atoms with Gasteiger partial charge in [-0.2, -0.15) is 54.5 Å². The van der Waals surface area contributed by atoms with Crippen molar-refractivity contribution in [3.05, 3.63) is 89.9 Å². The maximum Gasteiger partial charge on any atom is 0.405 e. The van der Waals surface area contributed by atoms with Crippen LogP contribution in [0.1, 0.15) is 84.8 Å². The van der Waals surface area contributed by atoms with Crippen molar-refractivity contribution in [3.8, 4) is 31.7 Å². The smallest absolute Gasteiger partial charge is 0.393 e. The van der Waals surface area contributed by atoms with Crippen molar-refractivity contribution in [1.82, 2.24) is 44.9 Å². The van der Waals surface area contributed by atoms with E-state index in [0.29, 0.717) is 73.3 Å². The van der Waals surface area contributed by atoms with Crippen LogP contribution in [0.3, 0.4) is 0 Å². The molecule has 8 heterocycles. The number of hydrogen-bond acceptors (Lipinski definition) is 27. The lowest BCUT2D eigenvalue weighted by atomic mass is 9.99. The minimum absolute atomic E-state index is 0.136. The van der Waals surface area contributed by atoms with Crippen LogP contribution in [0, 0.1) is 38.5 Å². The van der Waals surface area contributed by atoms with Gasteiger partial charge in [0.05, 0.1) is 119 Å². The SMILES string of the molecule is Cc1nc(NCC(F)(F)F)nc(N[C@@H]2C[C@@H](C(C)O)[C@H]3OC(C)(C)O[C@H]32)c1-c1nc2ccccc2s1.Cc1nc(NCC(F)(F)F)nc(N[C@@H]2C[C@H](C(C)O)[C@@H](O)[C@H]2O)c1-c1nc2ccccc2s1.Cc1nc(NCC(F)(F)F)nc(N[C@@H]2C[C@H](C(C)O)[C@H]3OC(C)(C)O[C@H]32)c1-c1nc2ccccc2s1. The maximum atomic E-state index is 12.9. The zero-order chi connectivity index (χ0) is 75.6. The fraction of sp³-hybridized carbons (Fsp3) is 0.522. The van der Waals surface area contributed by atoms with Gasteiger partial charge in [0, 0.05) is 17.8 Å². The van der Waals surface area contributed by atoms with E-state index < -0.39 is 92.2 Å². The summed E-state index contributed by atoms with van der Waals surface area (Å²) in [6, 6.07) is 21.6. The van der Waals surface area contributed by atoms with Crippen LogP contribution in [-0.2, 0) is 18.9 Å². The predicted octanol–water partition coefficient (Wildman–Crippen LogP) is 12.4. The van der Waals surface area contributed by atoms with Crippen LogP contribution in [0.2, 0.25) is 0 Å². The Morgan fingerprint density at radius 1 is 0.419 bits per heavy atom. The molecule has 0 radical (unpaired) electrons. The summed E-state index contributed by atoms with van der Waals surface area (Å²) in [7, 11) is 0. The molecule has 36 heteroatoms. The molecule has 566 valence electrons. The van der Waals surface area contributed by atoms with Crippen molar-refractivity contribution in [2.75, 3.05) is 51.5 Å². The van der Waals surface area contributed by atoms with Crippen molar-refractivity contribution >= 4 is 100.0 Å². The standard InChI is InChI=1S/2C24H28F3N5O3S.C21H24F3N5O3S/c2*1-11-17(21-31-14-7-5-6-8-16(14)36-21)20(32-22(29-11)28-10-24(25,26)27)30-15-9-13(12(2)33)18-19(15)35-23(3,4)34-18;1-9-15(19-28-12-5-3-4-6-14(12)33-19)18(29-20(26-9)25-8-21(22,23)24)27-13-7-11(10(2)30)16(31)17(13)32/h2*5-8,12-13,15,18-19,33H,9-10H2,1-4H3,(H2,28,29,30,32);3-6,10-11,13,16-17,30-32H,7-8H2,1-2H3,(H2,25,26,27,29)/t12?,13-,15+,18+,19-;12?,13-,15-,18-,19+;10?,11-,13-,16-,17+/m011/s1. The first-order chi connectivity index (χ1) is 49.3. The summed E-state index contributed by atoms with van der Waals surface area (Å²) in [6.07, 6.45) is -17.8. The van der Waals surface area contributed by atoms with Crippen LogP contribution in [0.4, 0.5) is 74.8 Å². The van der Waals surface area contributed by atoms with E-state index in [0.717, 1.165) is 30.6 Å². The number of anilines is 6. The molecule has 9 aromatic rings. The van der Waals surface area contributed by atoms with Crippen molar-refractivity contribution in [1.29, 1.82) is 0 Å². The number of fused-ring (bicyclic) bond motifs is 5. The first kappa shape index (κ1) is 77.0. The topological polar surface area (TPSA) is 326 Å². The van der Waals surface area contributed by atoms with Gasteiger partial charge < -0.3 is 76.4 Å². The van der Waals surface area contributed by atoms with E-state index >= 15 is 0 Å². The average Bonchev–Trinajstić information content (AvgIpc) is 1.61. The lowest BCUT2D eigenvalue weighted by Gasteiger charge is -2.26. The van der Waals surface area contributed by atoms with Gasteiger partial charge in [-0.1, -0.05) is 36.4 Å². The van der Waals surface area contributed by atoms with Gasteiger partial charge in [-0.25, -0.2) is 29.9 Å². The molecule has 24 nitrogen and oxygen atoms in total. The second kappa shape index (κ2) is 30.2. The van der Waals surface area contributed by atoms with Gasteiger partial charge >= 0.3 is 18.5 Å². The Morgan fingerprint density at radius 2 is 0.705 bits per heavy atom. The van der Waals surface area contributed by atoms with E-state index in [9.17, 15) is 65.0 Å². The Hall–Kier alpha value is -7.62. The summed E-state index contributed by atoms with van der Waals surface area (Å²) in [5.41, 5.74) is 5.48. The summed E-state index contributed by atoms with van der Waals surface area (Å²) in [5, 5.41) is 70.0. The van der Waals surface area contributed by atoms with Gasteiger partial charge in [0.1, 0.15) is 70.4 Å². The second-order valence-corrected chi connectivity index (χ2v) is 30.8. The molecule has 105 heavy (non-hydrogen) atoms. The third-order valence-corrected chi connectivity index (χ3v) is 21.9. The summed E-state index contributed by atoms with van der Waals surface area (Å²) >= 11 is 4.30. The van der Waals surface area contributed by atoms with Gasteiger partial charge in [-0.15, -0.1) is 34.0 Å². The Kier molecular flexibility index (Phi) is 22.2. The molecular weight excluding hydrogens is 1450 g/mol. The zero-order valence-corrected chi connectivity index (χ0v) is 60.8. The normalized spacial score (nSPS) is 25.6. The molecule has 15 atom stereocenters. The number of halogens is 9. The number of hydrogen-bond donors (Lipinski definition) is 11. The molecule has 2 aliphatic heterocycles. The lowest BCUT2D eigenvalue weighted by molar-refractivity contribution is -0.161. The fourth-order valence-electron chi connectivity index (χ4n) is 14.0. The third kappa shape index (κ3) is 17.8. The number of aromatic nitrogens is 9. The highest BCUT2D eigenvalue weighted by Crippen LogP contribution is 2.48. The third-order valence-electron chi connectivity index (χ3n) is 18.7. The van der Waals surface area contributed by atoms with E-state index in [4.69, 9.17) is 28.9 Å². The second-order valence-electron chi connectivity index (χ2n) is 27.7. The lowest BCUT2D eigenvalue weighted by Crippen LogP contribution is -2.36. The molecule has 14 rings (SSSR count). The molecule has 3 unspecified atom stereocenters. The van der Waals surface area contributed by atoms with E-state index in [2.05, 4.69) is 66.8 Å². The molecule has 0 bridgehead atoms. The van der Waals surface area contributed by atoms with Crippen molar-refractivity contribution in [2.45, 2.75) is 192 Å². The van der Waals surface area contributed by atoms with Crippen LogP contribution >= 0.6 is 34.0 Å². The quantitative estimate of drug-likeness (QED) is 0.0356. The van der Waals surface area contributed by atoms with E-state index in [1.807, 2.05) is 100 Å². The summed E-state index contributed by atoms with van der Waals surface area (Å²) < 4.78 is 143. The first-order valence-corrected chi connectivity index (χ1v) is 36.4. The van der Waals surface area contributed by atoms with Crippen LogP contribution in [0.25, 0.3) is 62.4 Å². The minimum atomic E-state index is -4.45. The number of para-hydroxylation sites is 3. The molecule has 2 saturated heterocycles. The molecule has 3 aromatic carbocycles. The Labute approximate surface area is 608 Å². The van der Waals surface area contributed by atoms with E-state index in [1.165, 1.54) is 40.9 Å². The van der Waals surface area contributed by atoms with Crippen molar-refractivity contribution < 1.29 is 84.0 Å². The van der Waals surface area contributed by atoms with E-state index in [-0.39, 0.29) is 78.4 Å². The molecule has 6 aromatic heterocycles. The number of thiazole rings is 3. The van der Waals surface area contributed by atoms with E-state index in [1.54, 1.807) is 34.6 Å². The minimum Gasteiger partial charge on any atom is -0.393 e. The average molecular weight is 1530 g/mol. The molecule has 0 spiro atoms. The number of aryl methyl sites for hydroxylation is 3. The first-order valence-electron chi connectivity index (χ1n) is 33.9. The van der Waals surface area contributed by atoms with Crippen LogP contribution < -0.4 is 31.9 Å². The number of ether oxygens (including phenoxy) is 4. The number of nitrogens with one attached hydrogen (secondary N) is 6.